The minimum atomic E-state index is -0.526. The zero-order valence-corrected chi connectivity index (χ0v) is 10.6. The molecule has 0 amide bonds. The number of non-ortho nitro benzene ring substituents is 1. The summed E-state index contributed by atoms with van der Waals surface area (Å²) in [5, 5.41) is 10.7. The van der Waals surface area contributed by atoms with Gasteiger partial charge in [0.2, 0.25) is 0 Å². The molecule has 9 heteroatoms. The van der Waals surface area contributed by atoms with Gasteiger partial charge in [-0.25, -0.2) is 0 Å². The van der Waals surface area contributed by atoms with Crippen molar-refractivity contribution in [1.82, 2.24) is 15.0 Å². The fourth-order valence-electron chi connectivity index (χ4n) is 1.31. The normalized spacial score (nSPS) is 9.90. The van der Waals surface area contributed by atoms with E-state index in [-0.39, 0.29) is 29.5 Å². The fraction of sp³-hybridized carbons (Fsp3) is 0.182. The van der Waals surface area contributed by atoms with Gasteiger partial charge in [-0.1, -0.05) is 6.07 Å². The third-order valence-electron chi connectivity index (χ3n) is 2.18. The highest BCUT2D eigenvalue weighted by Crippen LogP contribution is 2.24. The van der Waals surface area contributed by atoms with Crippen LogP contribution in [0.3, 0.4) is 0 Å². The summed E-state index contributed by atoms with van der Waals surface area (Å²) in [6.45, 7) is 0. The molecule has 0 saturated heterocycles. The fourth-order valence-corrected chi connectivity index (χ4v) is 1.31. The molecule has 20 heavy (non-hydrogen) atoms. The summed E-state index contributed by atoms with van der Waals surface area (Å²) < 4.78 is 15.1. The average Bonchev–Trinajstić information content (AvgIpc) is 2.47. The molecule has 0 atom stereocenters. The number of benzene rings is 1. The Morgan fingerprint density at radius 2 is 1.65 bits per heavy atom. The summed E-state index contributed by atoms with van der Waals surface area (Å²) in [6.07, 6.45) is 0. The zero-order chi connectivity index (χ0) is 14.5. The van der Waals surface area contributed by atoms with Crippen molar-refractivity contribution in [1.29, 1.82) is 0 Å². The number of hydrogen-bond acceptors (Lipinski definition) is 8. The van der Waals surface area contributed by atoms with E-state index in [0.29, 0.717) is 0 Å². The predicted molar refractivity (Wildman–Crippen MR) is 66.1 cm³/mol. The van der Waals surface area contributed by atoms with E-state index < -0.39 is 4.92 Å². The van der Waals surface area contributed by atoms with Crippen molar-refractivity contribution in [3.8, 4) is 23.8 Å². The molecule has 9 nitrogen and oxygen atoms in total. The van der Waals surface area contributed by atoms with Crippen LogP contribution in [0.2, 0.25) is 0 Å². The van der Waals surface area contributed by atoms with E-state index >= 15 is 0 Å². The number of nitrogens with zero attached hydrogens (tertiary/aromatic N) is 4. The van der Waals surface area contributed by atoms with Gasteiger partial charge >= 0.3 is 18.0 Å². The topological polar surface area (TPSA) is 110 Å². The Morgan fingerprint density at radius 3 is 2.20 bits per heavy atom. The maximum Gasteiger partial charge on any atom is 0.331 e. The van der Waals surface area contributed by atoms with Gasteiger partial charge in [0.1, 0.15) is 5.75 Å². The van der Waals surface area contributed by atoms with Gasteiger partial charge in [-0.15, -0.1) is 15.0 Å². The lowest BCUT2D eigenvalue weighted by Gasteiger charge is -2.06. The molecule has 104 valence electrons. The van der Waals surface area contributed by atoms with Gasteiger partial charge < -0.3 is 14.2 Å². The number of nitro benzene ring substituents is 1. The van der Waals surface area contributed by atoms with E-state index in [1.807, 2.05) is 0 Å². The first kappa shape index (κ1) is 13.5. The molecule has 1 aromatic heterocycles. The Labute approximate surface area is 113 Å². The van der Waals surface area contributed by atoms with Crippen molar-refractivity contribution in [2.45, 2.75) is 0 Å². The lowest BCUT2D eigenvalue weighted by molar-refractivity contribution is -0.384. The van der Waals surface area contributed by atoms with Crippen molar-refractivity contribution >= 4 is 5.69 Å². The average molecular weight is 278 g/mol. The van der Waals surface area contributed by atoms with Crippen LogP contribution in [0.25, 0.3) is 0 Å². The van der Waals surface area contributed by atoms with Gasteiger partial charge in [-0.3, -0.25) is 10.1 Å². The first-order chi connectivity index (χ1) is 9.62. The second-order valence-electron chi connectivity index (χ2n) is 3.45. The van der Waals surface area contributed by atoms with Gasteiger partial charge in [0.25, 0.3) is 5.69 Å². The number of methoxy groups -OCH3 is 2. The summed E-state index contributed by atoms with van der Waals surface area (Å²) in [5.41, 5.74) is -0.101. The Bertz CT molecular complexity index is 612. The maximum atomic E-state index is 10.7. The van der Waals surface area contributed by atoms with E-state index in [0.717, 1.165) is 0 Å². The van der Waals surface area contributed by atoms with Crippen molar-refractivity contribution < 1.29 is 19.1 Å². The molecule has 0 saturated carbocycles. The molecule has 0 aliphatic rings. The predicted octanol–water partition coefficient (Wildman–Crippen LogP) is 1.59. The molecule has 0 N–H and O–H groups in total. The lowest BCUT2D eigenvalue weighted by atomic mass is 10.3. The molecular weight excluding hydrogens is 268 g/mol. The van der Waals surface area contributed by atoms with Gasteiger partial charge in [-0.2, -0.15) is 0 Å². The number of ether oxygens (including phenoxy) is 3. The van der Waals surface area contributed by atoms with E-state index in [1.165, 1.54) is 38.5 Å². The molecule has 0 spiro atoms. The smallest absolute Gasteiger partial charge is 0.331 e. The van der Waals surface area contributed by atoms with E-state index in [4.69, 9.17) is 14.2 Å². The first-order valence-electron chi connectivity index (χ1n) is 5.38. The van der Waals surface area contributed by atoms with Crippen LogP contribution in [0.5, 0.6) is 23.8 Å². The highest BCUT2D eigenvalue weighted by atomic mass is 16.6. The SMILES string of the molecule is COc1nc(OC)nc(Oc2cccc([N+](=O)[O-])c2)n1. The Hall–Kier alpha value is -2.97. The highest BCUT2D eigenvalue weighted by molar-refractivity contribution is 5.39. The molecule has 0 radical (unpaired) electrons. The van der Waals surface area contributed by atoms with Crippen LogP contribution >= 0.6 is 0 Å². The molecule has 0 aliphatic carbocycles. The third-order valence-corrected chi connectivity index (χ3v) is 2.18. The van der Waals surface area contributed by atoms with Crippen LogP contribution in [0, 0.1) is 10.1 Å². The minimum absolute atomic E-state index is 0.0114. The summed E-state index contributed by atoms with van der Waals surface area (Å²) in [4.78, 5) is 21.7. The monoisotopic (exact) mass is 278 g/mol. The molecule has 2 rings (SSSR count). The van der Waals surface area contributed by atoms with E-state index in [2.05, 4.69) is 15.0 Å². The molecule has 0 fully saturated rings. The molecule has 2 aromatic rings. The molecule has 1 aromatic carbocycles. The third kappa shape index (κ3) is 3.07. The summed E-state index contributed by atoms with van der Waals surface area (Å²) in [7, 11) is 2.76. The second kappa shape index (κ2) is 5.78. The lowest BCUT2D eigenvalue weighted by Crippen LogP contribution is -2.01. The summed E-state index contributed by atoms with van der Waals surface area (Å²) >= 11 is 0. The molecule has 0 unspecified atom stereocenters. The molecule has 0 aliphatic heterocycles. The van der Waals surface area contributed by atoms with Gasteiger partial charge in [0.15, 0.2) is 0 Å². The van der Waals surface area contributed by atoms with Crippen LogP contribution in [-0.2, 0) is 0 Å². The summed E-state index contributed by atoms with van der Waals surface area (Å²) in [6, 6.07) is 5.56. The van der Waals surface area contributed by atoms with Crippen LogP contribution < -0.4 is 14.2 Å². The standard InChI is InChI=1S/C11H10N4O5/c1-18-9-12-10(19-2)14-11(13-9)20-8-5-3-4-7(6-8)15(16)17/h3-6H,1-2H3. The van der Waals surface area contributed by atoms with Crippen molar-refractivity contribution in [3.63, 3.8) is 0 Å². The van der Waals surface area contributed by atoms with Gasteiger partial charge in [0.05, 0.1) is 25.2 Å². The van der Waals surface area contributed by atoms with Crippen LogP contribution in [0.15, 0.2) is 24.3 Å². The second-order valence-corrected chi connectivity index (χ2v) is 3.45. The highest BCUT2D eigenvalue weighted by Gasteiger charge is 2.11. The Balaban J connectivity index is 2.29. The van der Waals surface area contributed by atoms with E-state index in [9.17, 15) is 10.1 Å². The van der Waals surface area contributed by atoms with Crippen LogP contribution in [0.4, 0.5) is 5.69 Å². The number of hydrogen-bond donors (Lipinski definition) is 0. The van der Waals surface area contributed by atoms with Crippen molar-refractivity contribution in [2.75, 3.05) is 14.2 Å². The largest absolute Gasteiger partial charge is 0.467 e. The summed E-state index contributed by atoms with van der Waals surface area (Å²) in [5.74, 6) is 0.217. The van der Waals surface area contributed by atoms with Gasteiger partial charge in [-0.05, 0) is 6.07 Å². The van der Waals surface area contributed by atoms with Gasteiger partial charge in [0, 0.05) is 6.07 Å². The van der Waals surface area contributed by atoms with Crippen molar-refractivity contribution in [2.24, 2.45) is 0 Å². The molecular formula is C11H10N4O5. The minimum Gasteiger partial charge on any atom is -0.467 e. The Kier molecular flexibility index (Phi) is 3.89. The zero-order valence-electron chi connectivity index (χ0n) is 10.6. The Morgan fingerprint density at radius 1 is 1.05 bits per heavy atom. The van der Waals surface area contributed by atoms with Crippen LogP contribution in [-0.4, -0.2) is 34.1 Å². The maximum absolute atomic E-state index is 10.7. The number of rotatable bonds is 5. The quantitative estimate of drug-likeness (QED) is 0.599. The van der Waals surface area contributed by atoms with Crippen LogP contribution in [0.1, 0.15) is 0 Å². The number of nitro groups is 1. The first-order valence-corrected chi connectivity index (χ1v) is 5.38. The molecule has 0 bridgehead atoms. The molecule has 1 heterocycles. The van der Waals surface area contributed by atoms with Crippen molar-refractivity contribution in [3.05, 3.63) is 34.4 Å². The van der Waals surface area contributed by atoms with E-state index in [1.54, 1.807) is 0 Å². The number of aromatic nitrogens is 3.